The standard InChI is InChI=1S/C39H37FN2O2/c1-42(2)24-12-13-30-25-31-27-43-28-37(31)38(29-20-22-35(40)23-21-29)36(30)26-41-44-39(32-14-6-3-7-15-32,33-16-8-4-9-17-33)34-18-10-5-11-19-34/h3-11,14-23,25-26H,12-13,24,27-28H2,1-2H3. The fourth-order valence-electron chi connectivity index (χ4n) is 6.14. The van der Waals surface area contributed by atoms with Crippen molar-refractivity contribution < 1.29 is 14.0 Å². The molecule has 0 atom stereocenters. The molecule has 222 valence electrons. The summed E-state index contributed by atoms with van der Waals surface area (Å²) in [6, 6.07) is 39.6. The van der Waals surface area contributed by atoms with Crippen LogP contribution in [-0.2, 0) is 34.8 Å². The van der Waals surface area contributed by atoms with Crippen molar-refractivity contribution in [3.05, 3.63) is 166 Å². The van der Waals surface area contributed by atoms with Gasteiger partial charge in [-0.15, -0.1) is 0 Å². The second-order valence-corrected chi connectivity index (χ2v) is 11.5. The van der Waals surface area contributed by atoms with E-state index in [0.717, 1.165) is 58.3 Å². The number of nitrogens with zero attached hydrogens (tertiary/aromatic N) is 2. The Labute approximate surface area is 259 Å². The molecule has 1 aliphatic heterocycles. The minimum absolute atomic E-state index is 0.263. The number of hydrogen-bond donors (Lipinski definition) is 0. The van der Waals surface area contributed by atoms with Crippen LogP contribution in [0.2, 0.25) is 0 Å². The maximum Gasteiger partial charge on any atom is 0.212 e. The van der Waals surface area contributed by atoms with Crippen molar-refractivity contribution in [2.45, 2.75) is 31.7 Å². The number of ether oxygens (including phenoxy) is 1. The van der Waals surface area contributed by atoms with Gasteiger partial charge < -0.3 is 14.5 Å². The SMILES string of the molecule is CN(C)CCCc1cc2c(c(-c3ccc(F)cc3)c1C=NOC(c1ccccc1)(c1ccccc1)c1ccccc1)COC2. The fourth-order valence-corrected chi connectivity index (χ4v) is 6.14. The third-order valence-corrected chi connectivity index (χ3v) is 8.25. The summed E-state index contributed by atoms with van der Waals surface area (Å²) in [5.74, 6) is -0.263. The van der Waals surface area contributed by atoms with Gasteiger partial charge in [-0.25, -0.2) is 4.39 Å². The highest BCUT2D eigenvalue weighted by molar-refractivity contribution is 5.94. The number of oxime groups is 1. The minimum atomic E-state index is -0.985. The molecule has 5 aromatic rings. The van der Waals surface area contributed by atoms with Crippen LogP contribution < -0.4 is 0 Å². The van der Waals surface area contributed by atoms with Crippen molar-refractivity contribution in [3.8, 4) is 11.1 Å². The molecule has 0 saturated heterocycles. The zero-order valence-electron chi connectivity index (χ0n) is 25.2. The normalized spacial score (nSPS) is 13.0. The van der Waals surface area contributed by atoms with E-state index in [-0.39, 0.29) is 5.82 Å². The van der Waals surface area contributed by atoms with Crippen molar-refractivity contribution >= 4 is 6.21 Å². The van der Waals surface area contributed by atoms with Crippen LogP contribution in [0.3, 0.4) is 0 Å². The Hall–Kier alpha value is -4.58. The van der Waals surface area contributed by atoms with Gasteiger partial charge in [-0.1, -0.05) is 114 Å². The molecule has 0 aromatic heterocycles. The van der Waals surface area contributed by atoms with Crippen LogP contribution in [0.1, 0.15) is 45.4 Å². The molecule has 5 heteroatoms. The van der Waals surface area contributed by atoms with Crippen molar-refractivity contribution in [2.75, 3.05) is 20.6 Å². The number of hydrogen-bond acceptors (Lipinski definition) is 4. The third kappa shape index (κ3) is 6.07. The molecule has 0 bridgehead atoms. The van der Waals surface area contributed by atoms with Gasteiger partial charge in [0.1, 0.15) is 5.82 Å². The van der Waals surface area contributed by atoms with E-state index in [4.69, 9.17) is 14.7 Å². The van der Waals surface area contributed by atoms with Crippen molar-refractivity contribution in [2.24, 2.45) is 5.16 Å². The van der Waals surface area contributed by atoms with Gasteiger partial charge in [0.05, 0.1) is 19.4 Å². The van der Waals surface area contributed by atoms with Gasteiger partial charge in [0.25, 0.3) is 0 Å². The van der Waals surface area contributed by atoms with E-state index < -0.39 is 5.60 Å². The largest absolute Gasteiger partial charge is 0.375 e. The van der Waals surface area contributed by atoms with E-state index in [9.17, 15) is 4.39 Å². The smallest absolute Gasteiger partial charge is 0.212 e. The fraction of sp³-hybridized carbons (Fsp3) is 0.205. The Balaban J connectivity index is 1.51. The first-order chi connectivity index (χ1) is 21.6. The van der Waals surface area contributed by atoms with Gasteiger partial charge in [-0.2, -0.15) is 0 Å². The van der Waals surface area contributed by atoms with Gasteiger partial charge >= 0.3 is 0 Å². The van der Waals surface area contributed by atoms with E-state index in [1.54, 1.807) is 0 Å². The van der Waals surface area contributed by atoms with E-state index in [1.807, 2.05) is 72.9 Å². The van der Waals surface area contributed by atoms with Crippen LogP contribution in [0.25, 0.3) is 11.1 Å². The summed E-state index contributed by atoms with van der Waals surface area (Å²) in [4.78, 5) is 8.99. The van der Waals surface area contributed by atoms with Crippen LogP contribution in [0, 0.1) is 5.82 Å². The Kier molecular flexibility index (Phi) is 8.96. The zero-order chi connectivity index (χ0) is 30.4. The first-order valence-electron chi connectivity index (χ1n) is 15.1. The van der Waals surface area contributed by atoms with Gasteiger partial charge in [0, 0.05) is 22.3 Å². The summed E-state index contributed by atoms with van der Waals surface area (Å²) in [7, 11) is 4.18. The molecular formula is C39H37FN2O2. The summed E-state index contributed by atoms with van der Waals surface area (Å²) in [6.45, 7) is 2.03. The summed E-state index contributed by atoms with van der Waals surface area (Å²) >= 11 is 0. The van der Waals surface area contributed by atoms with Gasteiger partial charge in [-0.05, 0) is 73.4 Å². The molecule has 0 aliphatic carbocycles. The maximum atomic E-state index is 14.0. The van der Waals surface area contributed by atoms with Crippen molar-refractivity contribution in [1.29, 1.82) is 0 Å². The van der Waals surface area contributed by atoms with Gasteiger partial charge in [0.15, 0.2) is 0 Å². The number of fused-ring (bicyclic) bond motifs is 1. The summed E-state index contributed by atoms with van der Waals surface area (Å²) in [5.41, 5.74) is 8.34. The molecule has 1 aliphatic rings. The van der Waals surface area contributed by atoms with E-state index >= 15 is 0 Å². The Morgan fingerprint density at radius 2 is 1.36 bits per heavy atom. The molecule has 0 radical (unpaired) electrons. The maximum absolute atomic E-state index is 14.0. The molecule has 0 spiro atoms. The molecule has 5 aromatic carbocycles. The predicted molar refractivity (Wildman–Crippen MR) is 175 cm³/mol. The molecule has 0 unspecified atom stereocenters. The van der Waals surface area contributed by atoms with Crippen LogP contribution >= 0.6 is 0 Å². The number of aryl methyl sites for hydroxylation is 1. The number of halogens is 1. The highest BCUT2D eigenvalue weighted by Crippen LogP contribution is 2.41. The zero-order valence-corrected chi connectivity index (χ0v) is 25.2. The summed E-state index contributed by atoms with van der Waals surface area (Å²) < 4.78 is 20.0. The second kappa shape index (κ2) is 13.4. The molecule has 0 amide bonds. The van der Waals surface area contributed by atoms with Crippen molar-refractivity contribution in [1.82, 2.24) is 4.90 Å². The molecule has 44 heavy (non-hydrogen) atoms. The molecule has 0 saturated carbocycles. The molecular weight excluding hydrogens is 547 g/mol. The summed E-state index contributed by atoms with van der Waals surface area (Å²) in [6.07, 6.45) is 3.70. The topological polar surface area (TPSA) is 34.1 Å². The van der Waals surface area contributed by atoms with Crippen LogP contribution in [0.4, 0.5) is 4.39 Å². The number of benzene rings is 5. The Bertz CT molecular complexity index is 1610. The highest BCUT2D eigenvalue weighted by atomic mass is 19.1. The first kappa shape index (κ1) is 29.5. The molecule has 4 nitrogen and oxygen atoms in total. The van der Waals surface area contributed by atoms with Crippen molar-refractivity contribution in [3.63, 3.8) is 0 Å². The molecule has 0 N–H and O–H groups in total. The molecule has 1 heterocycles. The van der Waals surface area contributed by atoms with E-state index in [2.05, 4.69) is 61.5 Å². The van der Waals surface area contributed by atoms with E-state index in [1.165, 1.54) is 23.3 Å². The Morgan fingerprint density at radius 1 is 0.795 bits per heavy atom. The van der Waals surface area contributed by atoms with Crippen LogP contribution in [0.5, 0.6) is 0 Å². The van der Waals surface area contributed by atoms with Gasteiger partial charge in [0.2, 0.25) is 5.60 Å². The minimum Gasteiger partial charge on any atom is -0.375 e. The van der Waals surface area contributed by atoms with Crippen LogP contribution in [0.15, 0.2) is 126 Å². The lowest BCUT2D eigenvalue weighted by molar-refractivity contribution is 0.0183. The average Bonchev–Trinajstić information content (AvgIpc) is 3.53. The lowest BCUT2D eigenvalue weighted by atomic mass is 9.80. The van der Waals surface area contributed by atoms with Crippen LogP contribution in [-0.4, -0.2) is 31.8 Å². The van der Waals surface area contributed by atoms with E-state index in [0.29, 0.717) is 13.2 Å². The quantitative estimate of drug-likeness (QED) is 0.0889. The lowest BCUT2D eigenvalue weighted by Gasteiger charge is -2.33. The highest BCUT2D eigenvalue weighted by Gasteiger charge is 2.39. The summed E-state index contributed by atoms with van der Waals surface area (Å²) in [5, 5.41) is 4.83. The molecule has 6 rings (SSSR count). The first-order valence-corrected chi connectivity index (χ1v) is 15.1. The number of rotatable bonds is 11. The Morgan fingerprint density at radius 3 is 1.91 bits per heavy atom. The second-order valence-electron chi connectivity index (χ2n) is 11.5. The van der Waals surface area contributed by atoms with Gasteiger partial charge in [-0.3, -0.25) is 0 Å². The predicted octanol–water partition coefficient (Wildman–Crippen LogP) is 8.36. The molecule has 0 fully saturated rings. The third-order valence-electron chi connectivity index (χ3n) is 8.25. The average molecular weight is 585 g/mol. The monoisotopic (exact) mass is 584 g/mol. The lowest BCUT2D eigenvalue weighted by Crippen LogP contribution is -2.31.